The maximum absolute atomic E-state index is 14.0. The Morgan fingerprint density at radius 3 is 2.27 bits per heavy atom. The number of rotatable bonds is 12. The number of esters is 1. The van der Waals surface area contributed by atoms with Crippen molar-refractivity contribution in [2.75, 3.05) is 33.4 Å². The molecule has 44 heavy (non-hydrogen) atoms. The van der Waals surface area contributed by atoms with Crippen molar-refractivity contribution in [2.45, 2.75) is 133 Å². The number of hydrogen-bond donors (Lipinski definition) is 3. The lowest BCUT2D eigenvalue weighted by Crippen LogP contribution is -2.62. The number of allylic oxidation sites excluding steroid dienone is 1. The van der Waals surface area contributed by atoms with Crippen LogP contribution in [0.5, 0.6) is 0 Å². The summed E-state index contributed by atoms with van der Waals surface area (Å²) in [6.45, 7) is 8.79. The number of ether oxygens (including phenoxy) is 4. The fraction of sp³-hybridized carbons (Fsp3) is 0.853. The average molecular weight is 616 g/mol. The van der Waals surface area contributed by atoms with Crippen LogP contribution in [0.25, 0.3) is 0 Å². The lowest BCUT2D eigenvalue weighted by atomic mass is 9.53. The minimum absolute atomic E-state index is 0.0593. The van der Waals surface area contributed by atoms with E-state index in [9.17, 15) is 14.4 Å². The predicted molar refractivity (Wildman–Crippen MR) is 164 cm³/mol. The third-order valence-electron chi connectivity index (χ3n) is 12.0. The molecule has 0 radical (unpaired) electrons. The molecule has 246 valence electrons. The first kappa shape index (κ1) is 32.0. The van der Waals surface area contributed by atoms with Crippen molar-refractivity contribution >= 4 is 17.8 Å². The SMILES string of the molecule is CO[C@H]1[C@H](C2(C)OC2CC=C(C)C)[C@]2(CC[C@H]1NC(=O)C13CCC(C(=O)NCCCOC(=O)[C@@H]4CCCN4)(CC1)CC3)CO2. The smallest absolute Gasteiger partial charge is 0.323 e. The van der Waals surface area contributed by atoms with Gasteiger partial charge in [-0.1, -0.05) is 11.6 Å². The van der Waals surface area contributed by atoms with Gasteiger partial charge in [0.15, 0.2) is 0 Å². The van der Waals surface area contributed by atoms with E-state index in [1.807, 2.05) is 0 Å². The molecular weight excluding hydrogens is 562 g/mol. The van der Waals surface area contributed by atoms with Gasteiger partial charge in [-0.25, -0.2) is 0 Å². The van der Waals surface area contributed by atoms with Crippen molar-refractivity contribution in [1.29, 1.82) is 0 Å². The van der Waals surface area contributed by atoms with Crippen LogP contribution in [0.1, 0.15) is 97.8 Å². The fourth-order valence-corrected chi connectivity index (χ4v) is 8.95. The molecule has 0 aromatic heterocycles. The Labute approximate surface area is 262 Å². The largest absolute Gasteiger partial charge is 0.464 e. The zero-order valence-corrected chi connectivity index (χ0v) is 27.1. The molecule has 3 saturated heterocycles. The van der Waals surface area contributed by atoms with E-state index in [0.717, 1.165) is 83.8 Å². The summed E-state index contributed by atoms with van der Waals surface area (Å²) in [7, 11) is 1.75. The maximum Gasteiger partial charge on any atom is 0.323 e. The van der Waals surface area contributed by atoms with Gasteiger partial charge in [-0.3, -0.25) is 14.4 Å². The van der Waals surface area contributed by atoms with Gasteiger partial charge >= 0.3 is 5.97 Å². The van der Waals surface area contributed by atoms with E-state index in [1.165, 1.54) is 5.57 Å². The Kier molecular flexibility index (Phi) is 8.93. The molecule has 10 nitrogen and oxygen atoms in total. The summed E-state index contributed by atoms with van der Waals surface area (Å²) in [5.74, 6) is 0.0659. The number of fused-ring (bicyclic) bond motifs is 3. The molecule has 7 aliphatic rings. The first-order valence-electron chi connectivity index (χ1n) is 17.0. The molecule has 2 amide bonds. The molecule has 3 N–H and O–H groups in total. The van der Waals surface area contributed by atoms with Crippen molar-refractivity contribution < 1.29 is 33.3 Å². The monoisotopic (exact) mass is 615 g/mol. The molecule has 0 aromatic carbocycles. The fourth-order valence-electron chi connectivity index (χ4n) is 8.95. The van der Waals surface area contributed by atoms with E-state index in [-0.39, 0.29) is 59.2 Å². The van der Waals surface area contributed by atoms with E-state index >= 15 is 0 Å². The van der Waals surface area contributed by atoms with Crippen LogP contribution in [0.15, 0.2) is 11.6 Å². The summed E-state index contributed by atoms with van der Waals surface area (Å²) in [5, 5.41) is 9.70. The zero-order valence-electron chi connectivity index (χ0n) is 27.1. The number of hydrogen-bond acceptors (Lipinski definition) is 8. The van der Waals surface area contributed by atoms with Crippen LogP contribution in [-0.4, -0.2) is 86.7 Å². The molecule has 3 heterocycles. The normalized spacial score (nSPS) is 42.0. The number of methoxy groups -OCH3 is 1. The van der Waals surface area contributed by atoms with Crippen molar-refractivity contribution in [3.05, 3.63) is 11.6 Å². The average Bonchev–Trinajstić information content (AvgIpc) is 3.86. The summed E-state index contributed by atoms with van der Waals surface area (Å²) >= 11 is 0. The lowest BCUT2D eigenvalue weighted by molar-refractivity contribution is -0.153. The molecule has 4 aliphatic carbocycles. The second-order valence-electron chi connectivity index (χ2n) is 14.9. The molecule has 2 bridgehead atoms. The van der Waals surface area contributed by atoms with Crippen LogP contribution in [-0.2, 0) is 33.3 Å². The Bertz CT molecular complexity index is 1120. The summed E-state index contributed by atoms with van der Waals surface area (Å²) in [5.41, 5.74) is -0.0806. The summed E-state index contributed by atoms with van der Waals surface area (Å²) < 4.78 is 24.0. The molecule has 4 saturated carbocycles. The van der Waals surface area contributed by atoms with E-state index < -0.39 is 10.8 Å². The second kappa shape index (κ2) is 12.3. The first-order valence-corrected chi connectivity index (χ1v) is 17.0. The molecule has 1 spiro atoms. The minimum atomic E-state index is -0.421. The van der Waals surface area contributed by atoms with Crippen LogP contribution in [0.4, 0.5) is 0 Å². The Morgan fingerprint density at radius 2 is 1.68 bits per heavy atom. The second-order valence-corrected chi connectivity index (χ2v) is 14.9. The van der Waals surface area contributed by atoms with Crippen molar-refractivity contribution in [3.8, 4) is 0 Å². The Hall–Kier alpha value is -2.01. The Morgan fingerprint density at radius 1 is 1.00 bits per heavy atom. The van der Waals surface area contributed by atoms with Gasteiger partial charge < -0.3 is 34.9 Å². The molecule has 7 fully saturated rings. The molecule has 10 heteroatoms. The molecular formula is C34H53N3O7. The van der Waals surface area contributed by atoms with Crippen molar-refractivity contribution in [1.82, 2.24) is 16.0 Å². The molecule has 3 aliphatic heterocycles. The van der Waals surface area contributed by atoms with Crippen molar-refractivity contribution in [2.24, 2.45) is 16.7 Å². The van der Waals surface area contributed by atoms with Crippen LogP contribution in [0, 0.1) is 16.7 Å². The molecule has 7 atom stereocenters. The van der Waals surface area contributed by atoms with Gasteiger partial charge in [0.2, 0.25) is 11.8 Å². The van der Waals surface area contributed by atoms with Gasteiger partial charge in [0.05, 0.1) is 37.1 Å². The number of epoxide rings is 2. The lowest BCUT2D eigenvalue weighted by Gasteiger charge is -2.52. The summed E-state index contributed by atoms with van der Waals surface area (Å²) in [6, 6.07) is -0.281. The molecule has 0 aromatic rings. The van der Waals surface area contributed by atoms with E-state index in [2.05, 4.69) is 42.8 Å². The van der Waals surface area contributed by atoms with Crippen LogP contribution in [0.2, 0.25) is 0 Å². The van der Waals surface area contributed by atoms with Gasteiger partial charge in [0.1, 0.15) is 11.6 Å². The zero-order chi connectivity index (χ0) is 31.2. The minimum Gasteiger partial charge on any atom is -0.464 e. The van der Waals surface area contributed by atoms with Gasteiger partial charge in [-0.15, -0.1) is 0 Å². The van der Waals surface area contributed by atoms with Crippen LogP contribution >= 0.6 is 0 Å². The van der Waals surface area contributed by atoms with Crippen molar-refractivity contribution in [3.63, 3.8) is 0 Å². The van der Waals surface area contributed by atoms with E-state index in [1.54, 1.807) is 7.11 Å². The van der Waals surface area contributed by atoms with E-state index in [0.29, 0.717) is 19.6 Å². The van der Waals surface area contributed by atoms with Crippen LogP contribution in [0.3, 0.4) is 0 Å². The number of carbonyl (C=O) groups excluding carboxylic acids is 3. The summed E-state index contributed by atoms with van der Waals surface area (Å²) in [4.78, 5) is 39.3. The standard InChI is InChI=1S/C34H53N3O7/c1-22(2)8-9-25-31(3,44-25)27-26(41-4)23(10-11-34(27)21-43-34)37-30(40)33-15-12-32(13-16-33,14-17-33)29(39)36-19-6-20-42-28(38)24-7-5-18-35-24/h8,23-27,35H,5-7,9-21H2,1-4H3,(H,36,39)(H,37,40)/t23-,24+,25?,26-,27-,31?,32?,33?,34+/m1/s1. The van der Waals surface area contributed by atoms with Gasteiger partial charge in [0, 0.05) is 30.4 Å². The number of amides is 2. The topological polar surface area (TPSA) is 131 Å². The highest BCUT2D eigenvalue weighted by molar-refractivity contribution is 5.87. The highest BCUT2D eigenvalue weighted by atomic mass is 16.6. The third-order valence-corrected chi connectivity index (χ3v) is 12.0. The van der Waals surface area contributed by atoms with E-state index in [4.69, 9.17) is 18.9 Å². The molecule has 7 rings (SSSR count). The summed E-state index contributed by atoms with van der Waals surface area (Å²) in [6.07, 6.45) is 11.6. The highest BCUT2D eigenvalue weighted by Crippen LogP contribution is 2.60. The Balaban J connectivity index is 0.998. The highest BCUT2D eigenvalue weighted by Gasteiger charge is 2.72. The van der Waals surface area contributed by atoms with Gasteiger partial charge in [-0.2, -0.15) is 0 Å². The first-order chi connectivity index (χ1) is 21.1. The number of nitrogens with one attached hydrogen (secondary N) is 3. The third kappa shape index (κ3) is 5.96. The number of carbonyl (C=O) groups is 3. The maximum atomic E-state index is 14.0. The quantitative estimate of drug-likeness (QED) is 0.132. The van der Waals surface area contributed by atoms with Crippen LogP contribution < -0.4 is 16.0 Å². The molecule has 2 unspecified atom stereocenters. The predicted octanol–water partition coefficient (Wildman–Crippen LogP) is 3.32. The van der Waals surface area contributed by atoms with Gasteiger partial charge in [-0.05, 0) is 104 Å². The van der Waals surface area contributed by atoms with Gasteiger partial charge in [0.25, 0.3) is 0 Å².